The molecule has 8 heteroatoms. The molecule has 0 aliphatic carbocycles. The van der Waals surface area contributed by atoms with E-state index in [1.165, 1.54) is 10.9 Å². The molecular weight excluding hydrogens is 332 g/mol. The first-order valence-electron chi connectivity index (χ1n) is 8.45. The normalized spacial score (nSPS) is 14.6. The summed E-state index contributed by atoms with van der Waals surface area (Å²) < 4.78 is 1.37. The predicted octanol–water partition coefficient (Wildman–Crippen LogP) is 0.535. The lowest BCUT2D eigenvalue weighted by Gasteiger charge is -2.35. The van der Waals surface area contributed by atoms with Crippen LogP contribution in [0.1, 0.15) is 0 Å². The van der Waals surface area contributed by atoms with Gasteiger partial charge in [-0.3, -0.25) is 19.1 Å². The third kappa shape index (κ3) is 3.13. The second-order valence-corrected chi connectivity index (χ2v) is 6.13. The number of hydrogen-bond donors (Lipinski definition) is 0. The van der Waals surface area contributed by atoms with Gasteiger partial charge in [-0.25, -0.2) is 9.97 Å². The number of nitrogens with zero attached hydrogens (tertiary/aromatic N) is 6. The van der Waals surface area contributed by atoms with Crippen LogP contribution >= 0.6 is 0 Å². The van der Waals surface area contributed by atoms with Crippen LogP contribution in [0.15, 0.2) is 54.0 Å². The van der Waals surface area contributed by atoms with E-state index >= 15 is 0 Å². The second kappa shape index (κ2) is 6.91. The predicted molar refractivity (Wildman–Crippen MR) is 96.8 cm³/mol. The van der Waals surface area contributed by atoms with Crippen LogP contribution in [0.25, 0.3) is 10.9 Å². The van der Waals surface area contributed by atoms with E-state index in [0.29, 0.717) is 37.1 Å². The van der Waals surface area contributed by atoms with Crippen LogP contribution in [-0.2, 0) is 11.3 Å². The number of amides is 1. The Balaban J connectivity index is 1.43. The molecule has 0 spiro atoms. The van der Waals surface area contributed by atoms with Gasteiger partial charge in [0.1, 0.15) is 12.4 Å². The van der Waals surface area contributed by atoms with Crippen LogP contribution < -0.4 is 10.5 Å². The first kappa shape index (κ1) is 16.2. The summed E-state index contributed by atoms with van der Waals surface area (Å²) in [5.41, 5.74) is 0.445. The summed E-state index contributed by atoms with van der Waals surface area (Å²) >= 11 is 0. The fourth-order valence-corrected chi connectivity index (χ4v) is 3.10. The van der Waals surface area contributed by atoms with Crippen molar-refractivity contribution < 1.29 is 4.79 Å². The highest BCUT2D eigenvalue weighted by Gasteiger charge is 2.22. The summed E-state index contributed by atoms with van der Waals surface area (Å²) in [6.45, 7) is 2.56. The fourth-order valence-electron chi connectivity index (χ4n) is 3.10. The van der Waals surface area contributed by atoms with Crippen LogP contribution in [0.5, 0.6) is 0 Å². The van der Waals surface area contributed by atoms with Crippen molar-refractivity contribution >= 4 is 22.6 Å². The van der Waals surface area contributed by atoms with Crippen LogP contribution in [0.3, 0.4) is 0 Å². The molecule has 3 aromatic rings. The monoisotopic (exact) mass is 350 g/mol. The molecule has 0 unspecified atom stereocenters. The number of carbonyl (C=O) groups excluding carboxylic acids is 1. The maximum atomic E-state index is 12.6. The molecule has 1 aliphatic rings. The van der Waals surface area contributed by atoms with E-state index < -0.39 is 0 Å². The summed E-state index contributed by atoms with van der Waals surface area (Å²) in [4.78, 5) is 41.6. The number of anilines is 1. The van der Waals surface area contributed by atoms with Gasteiger partial charge in [0.05, 0.1) is 23.4 Å². The van der Waals surface area contributed by atoms with E-state index in [-0.39, 0.29) is 18.0 Å². The third-order valence-electron chi connectivity index (χ3n) is 4.54. The Labute approximate surface area is 149 Å². The second-order valence-electron chi connectivity index (χ2n) is 6.13. The number of piperazine rings is 1. The number of fused-ring (bicyclic) bond motifs is 1. The lowest BCUT2D eigenvalue weighted by Crippen LogP contribution is -2.50. The number of rotatable bonds is 3. The lowest BCUT2D eigenvalue weighted by atomic mass is 10.2. The SMILES string of the molecule is O=C(Cn1cnc2ccccc2c1=O)N1CCN(c2cnccn2)CC1. The highest BCUT2D eigenvalue weighted by atomic mass is 16.2. The molecule has 8 nitrogen and oxygen atoms in total. The van der Waals surface area contributed by atoms with Gasteiger partial charge in [-0.15, -0.1) is 0 Å². The first-order valence-corrected chi connectivity index (χ1v) is 8.45. The Morgan fingerprint density at radius 3 is 2.62 bits per heavy atom. The van der Waals surface area contributed by atoms with E-state index in [0.717, 1.165) is 5.82 Å². The molecule has 1 amide bonds. The van der Waals surface area contributed by atoms with Crippen molar-refractivity contribution in [2.24, 2.45) is 0 Å². The summed E-state index contributed by atoms with van der Waals surface area (Å²) in [7, 11) is 0. The maximum Gasteiger partial charge on any atom is 0.261 e. The minimum atomic E-state index is -0.192. The van der Waals surface area contributed by atoms with Crippen molar-refractivity contribution in [2.75, 3.05) is 31.1 Å². The molecule has 0 radical (unpaired) electrons. The van der Waals surface area contributed by atoms with Gasteiger partial charge in [-0.05, 0) is 12.1 Å². The summed E-state index contributed by atoms with van der Waals surface area (Å²) in [6, 6.07) is 7.14. The third-order valence-corrected chi connectivity index (χ3v) is 4.54. The fraction of sp³-hybridized carbons (Fsp3) is 0.278. The van der Waals surface area contributed by atoms with Gasteiger partial charge in [0.25, 0.3) is 5.56 Å². The molecule has 4 rings (SSSR count). The van der Waals surface area contributed by atoms with Gasteiger partial charge in [-0.1, -0.05) is 12.1 Å². The van der Waals surface area contributed by atoms with Gasteiger partial charge >= 0.3 is 0 Å². The molecule has 26 heavy (non-hydrogen) atoms. The van der Waals surface area contributed by atoms with Crippen molar-refractivity contribution in [3.63, 3.8) is 0 Å². The number of carbonyl (C=O) groups is 1. The van der Waals surface area contributed by atoms with Gasteiger partial charge in [0.2, 0.25) is 5.91 Å². The number of benzene rings is 1. The van der Waals surface area contributed by atoms with Crippen LogP contribution in [-0.4, -0.2) is 56.5 Å². The zero-order valence-electron chi connectivity index (χ0n) is 14.2. The zero-order valence-corrected chi connectivity index (χ0v) is 14.2. The van der Waals surface area contributed by atoms with Gasteiger partial charge in [-0.2, -0.15) is 0 Å². The largest absolute Gasteiger partial charge is 0.352 e. The molecule has 0 bridgehead atoms. The van der Waals surface area contributed by atoms with Crippen molar-refractivity contribution in [1.82, 2.24) is 24.4 Å². The quantitative estimate of drug-likeness (QED) is 0.685. The average molecular weight is 350 g/mol. The van der Waals surface area contributed by atoms with E-state index in [9.17, 15) is 9.59 Å². The average Bonchev–Trinajstić information content (AvgIpc) is 2.71. The molecule has 0 atom stereocenters. The number of para-hydroxylation sites is 1. The van der Waals surface area contributed by atoms with Gasteiger partial charge in [0, 0.05) is 38.6 Å². The van der Waals surface area contributed by atoms with Crippen molar-refractivity contribution in [3.05, 3.63) is 59.5 Å². The molecular formula is C18H18N6O2. The topological polar surface area (TPSA) is 84.2 Å². The molecule has 0 saturated carbocycles. The number of hydrogen-bond acceptors (Lipinski definition) is 6. The minimum Gasteiger partial charge on any atom is -0.352 e. The Morgan fingerprint density at radius 1 is 1.04 bits per heavy atom. The van der Waals surface area contributed by atoms with Gasteiger partial charge in [0.15, 0.2) is 0 Å². The Bertz CT molecular complexity index is 980. The molecule has 1 saturated heterocycles. The zero-order chi connectivity index (χ0) is 17.9. The molecule has 0 N–H and O–H groups in total. The Kier molecular flexibility index (Phi) is 4.30. The first-order chi connectivity index (χ1) is 12.7. The van der Waals surface area contributed by atoms with E-state index in [2.05, 4.69) is 19.9 Å². The van der Waals surface area contributed by atoms with Crippen LogP contribution in [0.2, 0.25) is 0 Å². The summed E-state index contributed by atoms with van der Waals surface area (Å²) in [5.74, 6) is 0.734. The van der Waals surface area contributed by atoms with Crippen molar-refractivity contribution in [2.45, 2.75) is 6.54 Å². The summed E-state index contributed by atoms with van der Waals surface area (Å²) in [6.07, 6.45) is 6.46. The molecule has 1 aliphatic heterocycles. The van der Waals surface area contributed by atoms with E-state index in [1.807, 2.05) is 6.07 Å². The van der Waals surface area contributed by atoms with Gasteiger partial charge < -0.3 is 9.80 Å². The maximum absolute atomic E-state index is 12.6. The standard InChI is InChI=1S/C18H18N6O2/c25-17(12-24-13-21-15-4-2-1-3-14(15)18(24)26)23-9-7-22(8-10-23)16-11-19-5-6-20-16/h1-6,11,13H,7-10,12H2. The van der Waals surface area contributed by atoms with Crippen molar-refractivity contribution in [1.29, 1.82) is 0 Å². The molecule has 132 valence electrons. The van der Waals surface area contributed by atoms with Crippen molar-refractivity contribution in [3.8, 4) is 0 Å². The highest BCUT2D eigenvalue weighted by Crippen LogP contribution is 2.12. The number of aromatic nitrogens is 4. The Hall–Kier alpha value is -3.29. The Morgan fingerprint density at radius 2 is 1.85 bits per heavy atom. The van der Waals surface area contributed by atoms with E-state index in [1.54, 1.807) is 41.7 Å². The molecule has 1 fully saturated rings. The summed E-state index contributed by atoms with van der Waals surface area (Å²) in [5, 5.41) is 0.523. The molecule has 1 aromatic carbocycles. The highest BCUT2D eigenvalue weighted by molar-refractivity contribution is 5.79. The molecule has 2 aromatic heterocycles. The van der Waals surface area contributed by atoms with Crippen LogP contribution in [0.4, 0.5) is 5.82 Å². The minimum absolute atomic E-state index is 0.00180. The smallest absolute Gasteiger partial charge is 0.261 e. The molecule has 3 heterocycles. The van der Waals surface area contributed by atoms with E-state index in [4.69, 9.17) is 0 Å². The lowest BCUT2D eigenvalue weighted by molar-refractivity contribution is -0.132. The van der Waals surface area contributed by atoms with Crippen LogP contribution in [0, 0.1) is 0 Å².